The van der Waals surface area contributed by atoms with Crippen molar-refractivity contribution in [3.8, 4) is 0 Å². The zero-order valence-electron chi connectivity index (χ0n) is 10.1. The normalized spacial score (nSPS) is 17.8. The first kappa shape index (κ1) is 12.7. The van der Waals surface area contributed by atoms with Crippen LogP contribution in [0.2, 0.25) is 0 Å². The second-order valence-corrected chi connectivity index (χ2v) is 5.39. The Kier molecular flexibility index (Phi) is 4.26. The van der Waals surface area contributed by atoms with Crippen LogP contribution in [0.1, 0.15) is 48.9 Å². The Bertz CT molecular complexity index is 381. The number of hydrogen-bond donors (Lipinski definition) is 0. The minimum atomic E-state index is 0.0533. The highest BCUT2D eigenvalue weighted by Gasteiger charge is 2.24. The van der Waals surface area contributed by atoms with Gasteiger partial charge in [-0.2, -0.15) is 0 Å². The number of halogens is 1. The van der Waals surface area contributed by atoms with Gasteiger partial charge in [-0.25, -0.2) is 0 Å². The molecule has 1 aliphatic rings. The lowest BCUT2D eigenvalue weighted by Crippen LogP contribution is -2.36. The van der Waals surface area contributed by atoms with E-state index in [1.807, 2.05) is 11.9 Å². The van der Waals surface area contributed by atoms with Crippen molar-refractivity contribution in [2.45, 2.75) is 44.6 Å². The van der Waals surface area contributed by atoms with Crippen molar-refractivity contribution in [3.63, 3.8) is 0 Å². The molecule has 0 radical (unpaired) electrons. The predicted molar refractivity (Wildman–Crippen MR) is 70.0 cm³/mol. The summed E-state index contributed by atoms with van der Waals surface area (Å²) in [5.41, 5.74) is 0.622. The molecule has 0 saturated heterocycles. The molecule has 1 saturated carbocycles. The van der Waals surface area contributed by atoms with E-state index < -0.39 is 0 Å². The summed E-state index contributed by atoms with van der Waals surface area (Å²) in [6, 6.07) is 2.10. The van der Waals surface area contributed by atoms with E-state index in [-0.39, 0.29) is 5.91 Å². The number of carbonyl (C=O) groups excluding carboxylic acids is 1. The summed E-state index contributed by atoms with van der Waals surface area (Å²) in [4.78, 5) is 14.1. The minimum absolute atomic E-state index is 0.0533. The van der Waals surface area contributed by atoms with E-state index >= 15 is 0 Å². The Morgan fingerprint density at radius 2 is 2.00 bits per heavy atom. The van der Waals surface area contributed by atoms with E-state index in [9.17, 15) is 4.79 Å². The molecule has 3 nitrogen and oxygen atoms in total. The maximum absolute atomic E-state index is 12.3. The average molecular weight is 300 g/mol. The molecule has 2 rings (SSSR count). The summed E-state index contributed by atoms with van der Waals surface area (Å²) >= 11 is 3.26. The van der Waals surface area contributed by atoms with Crippen LogP contribution in [0.4, 0.5) is 0 Å². The number of hydrogen-bond acceptors (Lipinski definition) is 2. The van der Waals surface area contributed by atoms with Crippen molar-refractivity contribution in [2.24, 2.45) is 0 Å². The van der Waals surface area contributed by atoms with Crippen LogP contribution < -0.4 is 0 Å². The smallest absolute Gasteiger partial charge is 0.258 e. The Morgan fingerprint density at radius 3 is 2.53 bits per heavy atom. The Labute approximate surface area is 110 Å². The molecule has 1 aromatic heterocycles. The fourth-order valence-electron chi connectivity index (χ4n) is 2.45. The first-order valence-electron chi connectivity index (χ1n) is 6.20. The topological polar surface area (TPSA) is 33.5 Å². The van der Waals surface area contributed by atoms with Crippen molar-refractivity contribution >= 4 is 21.8 Å². The second kappa shape index (κ2) is 5.71. The average Bonchev–Trinajstić information content (AvgIpc) is 2.60. The molecule has 0 unspecified atom stereocenters. The highest BCUT2D eigenvalue weighted by Crippen LogP contribution is 2.24. The molecule has 0 aliphatic heterocycles. The number of carbonyl (C=O) groups is 1. The minimum Gasteiger partial charge on any atom is -0.457 e. The van der Waals surface area contributed by atoms with Gasteiger partial charge >= 0.3 is 0 Å². The molecule has 0 N–H and O–H groups in total. The van der Waals surface area contributed by atoms with Gasteiger partial charge in [0.25, 0.3) is 5.91 Å². The van der Waals surface area contributed by atoms with Crippen LogP contribution in [-0.2, 0) is 0 Å². The van der Waals surface area contributed by atoms with E-state index in [0.717, 1.165) is 12.8 Å². The largest absolute Gasteiger partial charge is 0.457 e. The lowest BCUT2D eigenvalue weighted by Gasteiger charge is -2.26. The molecular weight excluding hydrogens is 282 g/mol. The molecular formula is C13H18BrNO2. The molecule has 0 bridgehead atoms. The van der Waals surface area contributed by atoms with Gasteiger partial charge in [0.15, 0.2) is 4.67 Å². The fourth-order valence-corrected chi connectivity index (χ4v) is 2.86. The molecule has 0 spiro atoms. The van der Waals surface area contributed by atoms with E-state index in [1.165, 1.54) is 31.9 Å². The van der Waals surface area contributed by atoms with Crippen LogP contribution in [0.5, 0.6) is 0 Å². The molecule has 4 heteroatoms. The van der Waals surface area contributed by atoms with Crippen molar-refractivity contribution in [1.82, 2.24) is 4.90 Å². The van der Waals surface area contributed by atoms with Crippen molar-refractivity contribution in [1.29, 1.82) is 0 Å². The Hall–Kier alpha value is -0.770. The van der Waals surface area contributed by atoms with Crippen LogP contribution in [0, 0.1) is 0 Å². The second-order valence-electron chi connectivity index (χ2n) is 4.67. The van der Waals surface area contributed by atoms with Gasteiger partial charge in [0.1, 0.15) is 0 Å². The molecule has 94 valence electrons. The summed E-state index contributed by atoms with van der Waals surface area (Å²) in [5.74, 6) is 0.0533. The SMILES string of the molecule is CN(C(=O)c1ccoc1Br)C1CCCCCC1. The number of rotatable bonds is 2. The Balaban J connectivity index is 2.06. The number of furan rings is 1. The van der Waals surface area contributed by atoms with Crippen LogP contribution in [0.15, 0.2) is 21.4 Å². The maximum Gasteiger partial charge on any atom is 0.258 e. The van der Waals surface area contributed by atoms with Crippen LogP contribution >= 0.6 is 15.9 Å². The van der Waals surface area contributed by atoms with Crippen molar-refractivity contribution < 1.29 is 9.21 Å². The van der Waals surface area contributed by atoms with Gasteiger partial charge in [-0.05, 0) is 34.8 Å². The molecule has 1 amide bonds. The van der Waals surface area contributed by atoms with E-state index in [0.29, 0.717) is 16.3 Å². The van der Waals surface area contributed by atoms with Gasteiger partial charge in [0, 0.05) is 13.1 Å². The van der Waals surface area contributed by atoms with Gasteiger partial charge in [0.2, 0.25) is 0 Å². The molecule has 17 heavy (non-hydrogen) atoms. The first-order chi connectivity index (χ1) is 8.20. The van der Waals surface area contributed by atoms with Crippen LogP contribution in [0.3, 0.4) is 0 Å². The van der Waals surface area contributed by atoms with Gasteiger partial charge in [-0.1, -0.05) is 25.7 Å². The molecule has 0 aromatic carbocycles. The van der Waals surface area contributed by atoms with Gasteiger partial charge < -0.3 is 9.32 Å². The van der Waals surface area contributed by atoms with Crippen molar-refractivity contribution in [3.05, 3.63) is 22.6 Å². The summed E-state index contributed by atoms with van der Waals surface area (Å²) in [7, 11) is 1.90. The highest BCUT2D eigenvalue weighted by molar-refractivity contribution is 9.10. The van der Waals surface area contributed by atoms with Gasteiger partial charge in [-0.15, -0.1) is 0 Å². The van der Waals surface area contributed by atoms with Gasteiger partial charge in [-0.3, -0.25) is 4.79 Å². The van der Waals surface area contributed by atoms with E-state index in [4.69, 9.17) is 4.42 Å². The molecule has 1 aromatic rings. The third-order valence-electron chi connectivity index (χ3n) is 3.54. The lowest BCUT2D eigenvalue weighted by molar-refractivity contribution is 0.0715. The standard InChI is InChI=1S/C13H18BrNO2/c1-15(10-6-4-2-3-5-7-10)13(16)11-8-9-17-12(11)14/h8-10H,2-7H2,1H3. The van der Waals surface area contributed by atoms with Gasteiger partial charge in [0.05, 0.1) is 11.8 Å². The molecule has 1 heterocycles. The summed E-state index contributed by atoms with van der Waals surface area (Å²) in [6.07, 6.45) is 8.85. The third kappa shape index (κ3) is 2.92. The third-order valence-corrected chi connectivity index (χ3v) is 4.16. The molecule has 1 fully saturated rings. The number of amides is 1. The number of nitrogens with zero attached hydrogens (tertiary/aromatic N) is 1. The summed E-state index contributed by atoms with van der Waals surface area (Å²) in [5, 5.41) is 0. The fraction of sp³-hybridized carbons (Fsp3) is 0.615. The summed E-state index contributed by atoms with van der Waals surface area (Å²) < 4.78 is 5.65. The van der Waals surface area contributed by atoms with E-state index in [2.05, 4.69) is 15.9 Å². The summed E-state index contributed by atoms with van der Waals surface area (Å²) in [6.45, 7) is 0. The zero-order chi connectivity index (χ0) is 12.3. The quantitative estimate of drug-likeness (QED) is 0.778. The monoisotopic (exact) mass is 299 g/mol. The Morgan fingerprint density at radius 1 is 1.35 bits per heavy atom. The zero-order valence-corrected chi connectivity index (χ0v) is 11.7. The highest BCUT2D eigenvalue weighted by atomic mass is 79.9. The van der Waals surface area contributed by atoms with Crippen molar-refractivity contribution in [2.75, 3.05) is 7.05 Å². The first-order valence-corrected chi connectivity index (χ1v) is 6.99. The maximum atomic E-state index is 12.3. The predicted octanol–water partition coefficient (Wildman–Crippen LogP) is 3.84. The van der Waals surface area contributed by atoms with Crippen LogP contribution in [0.25, 0.3) is 0 Å². The molecule has 0 atom stereocenters. The van der Waals surface area contributed by atoms with Crippen LogP contribution in [-0.4, -0.2) is 23.9 Å². The van der Waals surface area contributed by atoms with E-state index in [1.54, 1.807) is 6.07 Å². The molecule has 1 aliphatic carbocycles. The lowest BCUT2D eigenvalue weighted by atomic mass is 10.1.